The topological polar surface area (TPSA) is 111 Å². The van der Waals surface area contributed by atoms with E-state index >= 15 is 0 Å². The second kappa shape index (κ2) is 15.1. The number of ether oxygens (including phenoxy) is 1. The zero-order chi connectivity index (χ0) is 25.6. The highest BCUT2D eigenvalue weighted by molar-refractivity contribution is 5.99. The van der Waals surface area contributed by atoms with Crippen LogP contribution in [0.2, 0.25) is 0 Å². The van der Waals surface area contributed by atoms with Crippen molar-refractivity contribution in [2.45, 2.75) is 104 Å². The summed E-state index contributed by atoms with van der Waals surface area (Å²) in [6.45, 7) is 9.13. The van der Waals surface area contributed by atoms with Crippen molar-refractivity contribution >= 4 is 23.6 Å². The zero-order valence-corrected chi connectivity index (χ0v) is 22.0. The molecule has 1 heterocycles. The zero-order valence-electron chi connectivity index (χ0n) is 22.0. The number of aromatic nitrogens is 4. The van der Waals surface area contributed by atoms with Crippen molar-refractivity contribution in [1.29, 1.82) is 0 Å². The van der Waals surface area contributed by atoms with Crippen LogP contribution >= 0.6 is 0 Å². The van der Waals surface area contributed by atoms with Crippen molar-refractivity contribution in [1.82, 2.24) is 20.2 Å². The molecule has 0 fully saturated rings. The quantitative estimate of drug-likeness (QED) is 0.227. The molecule has 9 nitrogen and oxygen atoms in total. The van der Waals surface area contributed by atoms with E-state index < -0.39 is 0 Å². The van der Waals surface area contributed by atoms with Crippen LogP contribution in [-0.4, -0.2) is 39.3 Å². The SMILES string of the molecule is COC(=O)CCCCCCCCCCn1nnc(NC(=O)Nc2c(C(C)C)cccc2C(C)C)n1. The Morgan fingerprint density at radius 1 is 0.886 bits per heavy atom. The number of nitrogens with zero attached hydrogens (tertiary/aromatic N) is 4. The number of hydrogen-bond donors (Lipinski definition) is 2. The molecule has 0 aliphatic heterocycles. The first-order valence-electron chi connectivity index (χ1n) is 12.9. The average Bonchev–Trinajstić information content (AvgIpc) is 3.26. The minimum Gasteiger partial charge on any atom is -0.469 e. The van der Waals surface area contributed by atoms with E-state index in [2.05, 4.69) is 58.5 Å². The third-order valence-corrected chi connectivity index (χ3v) is 6.01. The molecule has 0 unspecified atom stereocenters. The summed E-state index contributed by atoms with van der Waals surface area (Å²) < 4.78 is 4.65. The van der Waals surface area contributed by atoms with Crippen molar-refractivity contribution in [3.8, 4) is 0 Å². The fourth-order valence-electron chi connectivity index (χ4n) is 4.02. The van der Waals surface area contributed by atoms with E-state index in [0.29, 0.717) is 13.0 Å². The highest BCUT2D eigenvalue weighted by Gasteiger charge is 2.17. The number of methoxy groups -OCH3 is 1. The Morgan fingerprint density at radius 3 is 2.03 bits per heavy atom. The van der Waals surface area contributed by atoms with Crippen LogP contribution < -0.4 is 10.6 Å². The second-order valence-corrected chi connectivity index (χ2v) is 9.56. The fraction of sp³-hybridized carbons (Fsp3) is 0.654. The van der Waals surface area contributed by atoms with Crippen LogP contribution in [-0.2, 0) is 16.1 Å². The Labute approximate surface area is 209 Å². The third kappa shape index (κ3) is 10.0. The first-order valence-corrected chi connectivity index (χ1v) is 12.9. The monoisotopic (exact) mass is 486 g/mol. The number of anilines is 2. The lowest BCUT2D eigenvalue weighted by atomic mass is 9.93. The summed E-state index contributed by atoms with van der Waals surface area (Å²) in [7, 11) is 1.43. The first-order chi connectivity index (χ1) is 16.8. The predicted molar refractivity (Wildman–Crippen MR) is 139 cm³/mol. The second-order valence-electron chi connectivity index (χ2n) is 9.56. The third-order valence-electron chi connectivity index (χ3n) is 6.01. The molecule has 1 aromatic carbocycles. The molecule has 0 bridgehead atoms. The molecule has 2 N–H and O–H groups in total. The van der Waals surface area contributed by atoms with Gasteiger partial charge in [0.1, 0.15) is 0 Å². The van der Waals surface area contributed by atoms with Crippen molar-refractivity contribution in [3.05, 3.63) is 29.3 Å². The summed E-state index contributed by atoms with van der Waals surface area (Å²) in [6.07, 6.45) is 9.23. The van der Waals surface area contributed by atoms with Crippen LogP contribution in [0.1, 0.15) is 108 Å². The molecule has 9 heteroatoms. The summed E-state index contributed by atoms with van der Waals surface area (Å²) in [5.41, 5.74) is 3.05. The minimum absolute atomic E-state index is 0.123. The molecule has 2 rings (SSSR count). The minimum atomic E-state index is -0.369. The van der Waals surface area contributed by atoms with Gasteiger partial charge >= 0.3 is 12.0 Å². The van der Waals surface area contributed by atoms with Crippen LogP contribution in [0.5, 0.6) is 0 Å². The normalized spacial score (nSPS) is 11.2. The van der Waals surface area contributed by atoms with Gasteiger partial charge in [0.15, 0.2) is 0 Å². The van der Waals surface area contributed by atoms with Crippen molar-refractivity contribution < 1.29 is 14.3 Å². The van der Waals surface area contributed by atoms with Gasteiger partial charge in [-0.2, -0.15) is 4.80 Å². The summed E-state index contributed by atoms with van der Waals surface area (Å²) in [5.74, 6) is 0.647. The summed E-state index contributed by atoms with van der Waals surface area (Å²) in [5, 5.41) is 18.0. The van der Waals surface area contributed by atoms with Crippen molar-refractivity contribution in [2.24, 2.45) is 0 Å². The van der Waals surface area contributed by atoms with Crippen LogP contribution in [0.15, 0.2) is 18.2 Å². The first kappa shape index (κ1) is 28.3. The van der Waals surface area contributed by atoms with Gasteiger partial charge in [0, 0.05) is 12.1 Å². The number of rotatable bonds is 15. The lowest BCUT2D eigenvalue weighted by molar-refractivity contribution is -0.140. The molecule has 0 spiro atoms. The number of carbonyl (C=O) groups is 2. The molecule has 0 aliphatic rings. The number of tetrazole rings is 1. The Hall–Kier alpha value is -2.97. The number of unbranched alkanes of at least 4 members (excludes halogenated alkanes) is 7. The lowest BCUT2D eigenvalue weighted by Gasteiger charge is -2.20. The van der Waals surface area contributed by atoms with Crippen molar-refractivity contribution in [2.75, 3.05) is 17.7 Å². The Bertz CT molecular complexity index is 899. The highest BCUT2D eigenvalue weighted by Crippen LogP contribution is 2.32. The maximum Gasteiger partial charge on any atom is 0.326 e. The molecule has 0 atom stereocenters. The van der Waals surface area contributed by atoms with Gasteiger partial charge in [-0.25, -0.2) is 4.79 Å². The van der Waals surface area contributed by atoms with E-state index in [9.17, 15) is 9.59 Å². The molecular weight excluding hydrogens is 444 g/mol. The number of nitrogens with one attached hydrogen (secondary N) is 2. The van der Waals surface area contributed by atoms with E-state index in [-0.39, 0.29) is 29.8 Å². The molecule has 0 saturated carbocycles. The highest BCUT2D eigenvalue weighted by atomic mass is 16.5. The number of hydrogen-bond acceptors (Lipinski definition) is 6. The van der Waals surface area contributed by atoms with E-state index in [1.165, 1.54) is 24.7 Å². The fourth-order valence-corrected chi connectivity index (χ4v) is 4.02. The number of carbonyl (C=O) groups excluding carboxylic acids is 2. The van der Waals surface area contributed by atoms with Gasteiger partial charge in [-0.15, -0.1) is 5.10 Å². The number of benzene rings is 1. The molecule has 2 aromatic rings. The smallest absolute Gasteiger partial charge is 0.326 e. The average molecular weight is 487 g/mol. The van der Waals surface area contributed by atoms with Gasteiger partial charge in [0.05, 0.1) is 13.7 Å². The Balaban J connectivity index is 1.69. The van der Waals surface area contributed by atoms with Gasteiger partial charge in [0.25, 0.3) is 5.95 Å². The summed E-state index contributed by atoms with van der Waals surface area (Å²) in [4.78, 5) is 25.3. The van der Waals surface area contributed by atoms with Gasteiger partial charge in [-0.3, -0.25) is 10.1 Å². The summed E-state index contributed by atoms with van der Waals surface area (Å²) in [6, 6.07) is 5.76. The molecule has 194 valence electrons. The molecule has 0 aliphatic carbocycles. The molecule has 1 aromatic heterocycles. The number of urea groups is 1. The Kier molecular flexibility index (Phi) is 12.2. The Morgan fingerprint density at radius 2 is 1.46 bits per heavy atom. The van der Waals surface area contributed by atoms with E-state index in [1.807, 2.05) is 18.2 Å². The van der Waals surface area contributed by atoms with Gasteiger partial charge < -0.3 is 10.1 Å². The predicted octanol–water partition coefficient (Wildman–Crippen LogP) is 6.25. The van der Waals surface area contributed by atoms with Crippen molar-refractivity contribution in [3.63, 3.8) is 0 Å². The van der Waals surface area contributed by atoms with Gasteiger partial charge in [0.2, 0.25) is 0 Å². The number of para-hydroxylation sites is 1. The van der Waals surface area contributed by atoms with Gasteiger partial charge in [-0.05, 0) is 41.0 Å². The van der Waals surface area contributed by atoms with E-state index in [4.69, 9.17) is 0 Å². The van der Waals surface area contributed by atoms with Gasteiger partial charge in [-0.1, -0.05) is 89.5 Å². The maximum absolute atomic E-state index is 12.7. The van der Waals surface area contributed by atoms with E-state index in [0.717, 1.165) is 55.3 Å². The molecular formula is C26H42N6O3. The maximum atomic E-state index is 12.7. The summed E-state index contributed by atoms with van der Waals surface area (Å²) >= 11 is 0. The van der Waals surface area contributed by atoms with Crippen LogP contribution in [0.4, 0.5) is 16.4 Å². The van der Waals surface area contributed by atoms with E-state index in [1.54, 1.807) is 0 Å². The molecule has 0 saturated heterocycles. The number of amides is 2. The van der Waals surface area contributed by atoms with Crippen LogP contribution in [0.25, 0.3) is 0 Å². The standard InChI is InChI=1S/C26H42N6O3/c1-19(2)21-15-14-16-22(20(3)4)24(21)27-26(34)28-25-29-31-32(30-25)18-13-11-9-7-6-8-10-12-17-23(33)35-5/h14-16,19-20H,6-13,17-18H2,1-5H3,(H2,27,28,30,34). The largest absolute Gasteiger partial charge is 0.469 e. The molecule has 35 heavy (non-hydrogen) atoms. The molecule has 2 amide bonds. The lowest BCUT2D eigenvalue weighted by Crippen LogP contribution is -2.22. The number of aryl methyl sites for hydroxylation is 1. The van der Waals surface area contributed by atoms with Crippen LogP contribution in [0, 0.1) is 0 Å². The molecule has 0 radical (unpaired) electrons. The number of esters is 1. The van der Waals surface area contributed by atoms with Crippen LogP contribution in [0.3, 0.4) is 0 Å².